The maximum atomic E-state index is 11.4. The number of benzene rings is 1. The van der Waals surface area contributed by atoms with Crippen LogP contribution in [0.2, 0.25) is 0 Å². The average molecular weight is 297 g/mol. The molecule has 0 N–H and O–H groups in total. The number of hydrogen-bond acceptors (Lipinski definition) is 5. The van der Waals surface area contributed by atoms with E-state index >= 15 is 0 Å². The molecule has 2 aromatic heterocycles. The third-order valence-corrected chi connectivity index (χ3v) is 3.22. The smallest absolute Gasteiger partial charge is 0.330 e. The van der Waals surface area contributed by atoms with Crippen molar-refractivity contribution >= 4 is 16.9 Å². The summed E-state index contributed by atoms with van der Waals surface area (Å²) in [6, 6.07) is 9.94. The van der Waals surface area contributed by atoms with Gasteiger partial charge in [-0.1, -0.05) is 24.3 Å². The van der Waals surface area contributed by atoms with Crippen molar-refractivity contribution in [2.75, 3.05) is 6.61 Å². The second-order valence-electron chi connectivity index (χ2n) is 4.60. The SMILES string of the molecule is CCOC(=O)C=CCn1c(-c2nnco2)cc2ccccc21. The van der Waals surface area contributed by atoms with E-state index in [0.29, 0.717) is 19.0 Å². The molecule has 0 atom stereocenters. The van der Waals surface area contributed by atoms with Gasteiger partial charge in [0.15, 0.2) is 0 Å². The van der Waals surface area contributed by atoms with E-state index in [1.165, 1.54) is 12.5 Å². The molecule has 6 heteroatoms. The highest BCUT2D eigenvalue weighted by molar-refractivity contribution is 5.86. The second-order valence-corrected chi connectivity index (χ2v) is 4.60. The fourth-order valence-electron chi connectivity index (χ4n) is 2.31. The van der Waals surface area contributed by atoms with Gasteiger partial charge in [0.05, 0.1) is 6.61 Å². The minimum Gasteiger partial charge on any atom is -0.463 e. The molecule has 0 amide bonds. The van der Waals surface area contributed by atoms with Gasteiger partial charge in [-0.25, -0.2) is 4.79 Å². The Bertz CT molecular complexity index is 803. The number of hydrogen-bond donors (Lipinski definition) is 0. The molecule has 0 saturated carbocycles. The zero-order valence-electron chi connectivity index (χ0n) is 12.1. The second kappa shape index (κ2) is 6.26. The van der Waals surface area contributed by atoms with Crippen LogP contribution in [-0.2, 0) is 16.1 Å². The first kappa shape index (κ1) is 14.1. The van der Waals surface area contributed by atoms with Gasteiger partial charge >= 0.3 is 5.97 Å². The first-order valence-electron chi connectivity index (χ1n) is 6.97. The van der Waals surface area contributed by atoms with Gasteiger partial charge in [-0.3, -0.25) is 0 Å². The van der Waals surface area contributed by atoms with Crippen LogP contribution in [-0.4, -0.2) is 27.3 Å². The molecule has 0 aliphatic carbocycles. The maximum absolute atomic E-state index is 11.4. The van der Waals surface area contributed by atoms with Crippen molar-refractivity contribution < 1.29 is 13.9 Å². The molecule has 6 nitrogen and oxygen atoms in total. The monoisotopic (exact) mass is 297 g/mol. The molecule has 1 aromatic carbocycles. The topological polar surface area (TPSA) is 70.2 Å². The highest BCUT2D eigenvalue weighted by Gasteiger charge is 2.13. The van der Waals surface area contributed by atoms with E-state index in [1.807, 2.05) is 34.9 Å². The van der Waals surface area contributed by atoms with Crippen molar-refractivity contribution in [1.82, 2.24) is 14.8 Å². The summed E-state index contributed by atoms with van der Waals surface area (Å²) in [5, 5.41) is 8.75. The fraction of sp³-hybridized carbons (Fsp3) is 0.188. The minimum absolute atomic E-state index is 0.349. The van der Waals surface area contributed by atoms with Crippen LogP contribution in [0.1, 0.15) is 6.92 Å². The number of para-hydroxylation sites is 1. The Hall–Kier alpha value is -2.89. The Morgan fingerprint density at radius 3 is 3.05 bits per heavy atom. The number of fused-ring (bicyclic) bond motifs is 1. The number of carbonyl (C=O) groups is 1. The van der Waals surface area contributed by atoms with Gasteiger partial charge < -0.3 is 13.7 Å². The van der Waals surface area contributed by atoms with Crippen LogP contribution in [0.25, 0.3) is 22.5 Å². The Morgan fingerprint density at radius 2 is 2.27 bits per heavy atom. The van der Waals surface area contributed by atoms with Gasteiger partial charge in [-0.05, 0) is 19.1 Å². The number of aromatic nitrogens is 3. The Balaban J connectivity index is 1.96. The molecule has 0 fully saturated rings. The molecule has 0 radical (unpaired) electrons. The third kappa shape index (κ3) is 2.76. The van der Waals surface area contributed by atoms with Gasteiger partial charge in [0, 0.05) is 23.5 Å². The third-order valence-electron chi connectivity index (χ3n) is 3.22. The molecule has 2 heterocycles. The molecule has 0 bridgehead atoms. The molecular formula is C16H15N3O3. The summed E-state index contributed by atoms with van der Waals surface area (Å²) in [5.74, 6) is 0.0963. The number of ether oxygens (including phenoxy) is 1. The predicted molar refractivity (Wildman–Crippen MR) is 81.0 cm³/mol. The van der Waals surface area contributed by atoms with Gasteiger partial charge in [-0.2, -0.15) is 0 Å². The predicted octanol–water partition coefficient (Wildman–Crippen LogP) is 2.81. The van der Waals surface area contributed by atoms with Crippen molar-refractivity contribution in [1.29, 1.82) is 0 Å². The van der Waals surface area contributed by atoms with Gasteiger partial charge in [-0.15, -0.1) is 10.2 Å². The summed E-state index contributed by atoms with van der Waals surface area (Å²) < 4.78 is 12.2. The average Bonchev–Trinajstić information content (AvgIpc) is 3.15. The first-order chi connectivity index (χ1) is 10.8. The van der Waals surface area contributed by atoms with Crippen molar-refractivity contribution in [3.63, 3.8) is 0 Å². The quantitative estimate of drug-likeness (QED) is 0.535. The largest absolute Gasteiger partial charge is 0.463 e. The number of esters is 1. The lowest BCUT2D eigenvalue weighted by Crippen LogP contribution is -2.02. The maximum Gasteiger partial charge on any atom is 0.330 e. The molecular weight excluding hydrogens is 282 g/mol. The summed E-state index contributed by atoms with van der Waals surface area (Å²) in [5.41, 5.74) is 1.84. The van der Waals surface area contributed by atoms with Gasteiger partial charge in [0.2, 0.25) is 6.39 Å². The normalized spacial score (nSPS) is 11.3. The van der Waals surface area contributed by atoms with Crippen LogP contribution in [0.5, 0.6) is 0 Å². The van der Waals surface area contributed by atoms with E-state index in [1.54, 1.807) is 13.0 Å². The van der Waals surface area contributed by atoms with E-state index in [2.05, 4.69) is 10.2 Å². The zero-order chi connectivity index (χ0) is 15.4. The minimum atomic E-state index is -0.349. The molecule has 3 rings (SSSR count). The van der Waals surface area contributed by atoms with Crippen LogP contribution in [0, 0.1) is 0 Å². The highest BCUT2D eigenvalue weighted by atomic mass is 16.5. The van der Waals surface area contributed by atoms with Crippen LogP contribution in [0.3, 0.4) is 0 Å². The zero-order valence-corrected chi connectivity index (χ0v) is 12.1. The standard InChI is InChI=1S/C16H15N3O3/c1-2-21-15(20)8-5-9-19-13-7-4-3-6-12(13)10-14(19)16-18-17-11-22-16/h3-8,10-11H,2,9H2,1H3. The molecule has 0 saturated heterocycles. The van der Waals surface area contributed by atoms with E-state index in [9.17, 15) is 4.79 Å². The van der Waals surface area contributed by atoms with E-state index in [4.69, 9.17) is 9.15 Å². The number of rotatable bonds is 5. The molecule has 3 aromatic rings. The summed E-state index contributed by atoms with van der Waals surface area (Å²) in [6.07, 6.45) is 4.48. The van der Waals surface area contributed by atoms with Crippen LogP contribution >= 0.6 is 0 Å². The number of nitrogens with zero attached hydrogens (tertiary/aromatic N) is 3. The summed E-state index contributed by atoms with van der Waals surface area (Å²) in [7, 11) is 0. The van der Waals surface area contributed by atoms with E-state index in [-0.39, 0.29) is 5.97 Å². The van der Waals surface area contributed by atoms with Crippen molar-refractivity contribution in [2.45, 2.75) is 13.5 Å². The van der Waals surface area contributed by atoms with Gasteiger partial charge in [0.25, 0.3) is 5.89 Å². The van der Waals surface area contributed by atoms with E-state index in [0.717, 1.165) is 16.6 Å². The molecule has 0 spiro atoms. The molecule has 0 unspecified atom stereocenters. The number of carbonyl (C=O) groups excluding carboxylic acids is 1. The van der Waals surface area contributed by atoms with Crippen LogP contribution < -0.4 is 0 Å². The lowest BCUT2D eigenvalue weighted by atomic mass is 10.2. The molecule has 0 aliphatic heterocycles. The molecule has 22 heavy (non-hydrogen) atoms. The van der Waals surface area contributed by atoms with Crippen molar-refractivity contribution in [2.24, 2.45) is 0 Å². The Labute approximate surface area is 127 Å². The van der Waals surface area contributed by atoms with E-state index < -0.39 is 0 Å². The summed E-state index contributed by atoms with van der Waals surface area (Å²) in [4.78, 5) is 11.4. The summed E-state index contributed by atoms with van der Waals surface area (Å²) >= 11 is 0. The summed E-state index contributed by atoms with van der Waals surface area (Å²) in [6.45, 7) is 2.64. The highest BCUT2D eigenvalue weighted by Crippen LogP contribution is 2.26. The number of allylic oxidation sites excluding steroid dienone is 1. The lowest BCUT2D eigenvalue weighted by Gasteiger charge is -2.05. The van der Waals surface area contributed by atoms with Crippen molar-refractivity contribution in [3.05, 3.63) is 48.9 Å². The first-order valence-corrected chi connectivity index (χ1v) is 6.97. The molecule has 0 aliphatic rings. The Morgan fingerprint density at radius 1 is 1.41 bits per heavy atom. The van der Waals surface area contributed by atoms with Crippen LogP contribution in [0.4, 0.5) is 0 Å². The van der Waals surface area contributed by atoms with Gasteiger partial charge in [0.1, 0.15) is 5.69 Å². The Kier molecular flexibility index (Phi) is 4.00. The van der Waals surface area contributed by atoms with Crippen LogP contribution in [0.15, 0.2) is 53.3 Å². The lowest BCUT2D eigenvalue weighted by molar-refractivity contribution is -0.137. The molecule has 112 valence electrons. The van der Waals surface area contributed by atoms with Crippen molar-refractivity contribution in [3.8, 4) is 11.6 Å². The fourth-order valence-corrected chi connectivity index (χ4v) is 2.31.